The quantitative estimate of drug-likeness (QED) is 0.636. The first-order valence-corrected chi connectivity index (χ1v) is 8.91. The van der Waals surface area contributed by atoms with Crippen LogP contribution in [0.5, 0.6) is 0 Å². The second-order valence-electron chi connectivity index (χ2n) is 5.85. The number of rotatable bonds is 7. The van der Waals surface area contributed by atoms with Crippen LogP contribution in [0.25, 0.3) is 0 Å². The molecule has 0 bridgehead atoms. The third-order valence-electron chi connectivity index (χ3n) is 3.01. The molecule has 0 spiro atoms. The lowest BCUT2D eigenvalue weighted by Crippen LogP contribution is -2.27. The highest BCUT2D eigenvalue weighted by molar-refractivity contribution is 6.51. The van der Waals surface area contributed by atoms with Crippen molar-refractivity contribution in [3.63, 3.8) is 0 Å². The van der Waals surface area contributed by atoms with Gasteiger partial charge in [0.1, 0.15) is 0 Å². The molecular weight excluding hydrogens is 215 g/mol. The first-order valence-electron chi connectivity index (χ1n) is 6.81. The fraction of sp³-hybridized carbons (Fsp3) is 1.00. The lowest BCUT2D eigenvalue weighted by molar-refractivity contribution is 0.0663. The fourth-order valence-electron chi connectivity index (χ4n) is 2.30. The van der Waals surface area contributed by atoms with Crippen LogP contribution in [-0.4, -0.2) is 33.8 Å². The van der Waals surface area contributed by atoms with E-state index in [-0.39, 0.29) is 0 Å². The molecule has 0 aromatic heterocycles. The van der Waals surface area contributed by atoms with Crippen LogP contribution >= 0.6 is 0 Å². The Morgan fingerprint density at radius 1 is 1.19 bits per heavy atom. The van der Waals surface area contributed by atoms with Crippen molar-refractivity contribution in [3.8, 4) is 0 Å². The van der Waals surface area contributed by atoms with Gasteiger partial charge in [0.25, 0.3) is 0 Å². The molecule has 1 saturated heterocycles. The normalized spacial score (nSPS) is 21.0. The SMILES string of the molecule is CC(C)[CH2][Al]([CH2]C(C)C)[O]CC1CCCO1. The van der Waals surface area contributed by atoms with Crippen LogP contribution in [-0.2, 0) is 8.53 Å². The molecule has 0 aromatic rings. The minimum Gasteiger partial charge on any atom is -0.499 e. The van der Waals surface area contributed by atoms with Gasteiger partial charge in [-0.25, -0.2) is 0 Å². The Kier molecular flexibility index (Phi) is 7.00. The van der Waals surface area contributed by atoms with Crippen molar-refractivity contribution in [2.24, 2.45) is 11.8 Å². The van der Waals surface area contributed by atoms with Crippen molar-refractivity contribution in [1.29, 1.82) is 0 Å². The van der Waals surface area contributed by atoms with E-state index in [1.165, 1.54) is 23.4 Å². The molecule has 1 atom stereocenters. The second kappa shape index (κ2) is 7.72. The molecular formula is C13H27AlO2. The molecule has 1 fully saturated rings. The molecule has 1 aliphatic rings. The van der Waals surface area contributed by atoms with Gasteiger partial charge in [0, 0.05) is 13.2 Å². The van der Waals surface area contributed by atoms with E-state index in [0.717, 1.165) is 25.0 Å². The summed E-state index contributed by atoms with van der Waals surface area (Å²) in [5, 5.41) is 2.62. The van der Waals surface area contributed by atoms with Crippen molar-refractivity contribution in [3.05, 3.63) is 0 Å². The average Bonchev–Trinajstić information content (AvgIpc) is 2.64. The predicted octanol–water partition coefficient (Wildman–Crippen LogP) is 3.49. The maximum Gasteiger partial charge on any atom is 0.461 e. The highest BCUT2D eigenvalue weighted by Gasteiger charge is 2.25. The minimum absolute atomic E-state index is 0.398. The Bertz CT molecular complexity index is 167. The summed E-state index contributed by atoms with van der Waals surface area (Å²) >= 11 is -0.986. The molecule has 1 heterocycles. The Balaban J connectivity index is 2.24. The van der Waals surface area contributed by atoms with Crippen molar-refractivity contribution in [2.45, 2.75) is 57.2 Å². The Morgan fingerprint density at radius 3 is 2.25 bits per heavy atom. The molecule has 1 unspecified atom stereocenters. The number of ether oxygens (including phenoxy) is 1. The summed E-state index contributed by atoms with van der Waals surface area (Å²) in [5.41, 5.74) is 0. The highest BCUT2D eigenvalue weighted by Crippen LogP contribution is 2.18. The zero-order chi connectivity index (χ0) is 12.0. The summed E-state index contributed by atoms with van der Waals surface area (Å²) in [7, 11) is 0. The lowest BCUT2D eigenvalue weighted by Gasteiger charge is -2.19. The Hall–Kier alpha value is 0.452. The summed E-state index contributed by atoms with van der Waals surface area (Å²) in [6.45, 7) is 11.0. The molecule has 1 rings (SSSR count). The Morgan fingerprint density at radius 2 is 1.81 bits per heavy atom. The molecule has 0 N–H and O–H groups in total. The van der Waals surface area contributed by atoms with Gasteiger partial charge >= 0.3 is 14.5 Å². The van der Waals surface area contributed by atoms with Gasteiger partial charge in [-0.1, -0.05) is 50.1 Å². The summed E-state index contributed by atoms with van der Waals surface area (Å²) < 4.78 is 11.8. The third-order valence-corrected chi connectivity index (χ3v) is 6.61. The predicted molar refractivity (Wildman–Crippen MR) is 70.0 cm³/mol. The van der Waals surface area contributed by atoms with Crippen molar-refractivity contribution >= 4 is 14.5 Å². The topological polar surface area (TPSA) is 18.5 Å². The van der Waals surface area contributed by atoms with E-state index < -0.39 is 14.5 Å². The summed E-state index contributed by atoms with van der Waals surface area (Å²) in [5.74, 6) is 1.56. The first kappa shape index (κ1) is 14.5. The molecule has 0 aliphatic carbocycles. The van der Waals surface area contributed by atoms with Crippen LogP contribution in [0.2, 0.25) is 10.6 Å². The van der Waals surface area contributed by atoms with E-state index in [1.54, 1.807) is 0 Å². The summed E-state index contributed by atoms with van der Waals surface area (Å²) in [4.78, 5) is 0. The molecule has 94 valence electrons. The van der Waals surface area contributed by atoms with Crippen LogP contribution in [0.15, 0.2) is 0 Å². The summed E-state index contributed by atoms with van der Waals surface area (Å²) in [6.07, 6.45) is 2.81. The first-order chi connectivity index (χ1) is 7.58. The van der Waals surface area contributed by atoms with Gasteiger partial charge in [0.2, 0.25) is 0 Å². The monoisotopic (exact) mass is 242 g/mol. The van der Waals surface area contributed by atoms with Gasteiger partial charge in [0.05, 0.1) is 6.10 Å². The minimum atomic E-state index is -0.986. The maximum absolute atomic E-state index is 6.16. The van der Waals surface area contributed by atoms with Gasteiger partial charge < -0.3 is 8.53 Å². The maximum atomic E-state index is 6.16. The van der Waals surface area contributed by atoms with E-state index in [1.807, 2.05) is 0 Å². The second-order valence-corrected chi connectivity index (χ2v) is 8.37. The largest absolute Gasteiger partial charge is 0.499 e. The molecule has 0 aromatic carbocycles. The van der Waals surface area contributed by atoms with Gasteiger partial charge in [-0.3, -0.25) is 0 Å². The number of hydrogen-bond donors (Lipinski definition) is 0. The molecule has 0 radical (unpaired) electrons. The van der Waals surface area contributed by atoms with E-state index >= 15 is 0 Å². The van der Waals surface area contributed by atoms with Crippen LogP contribution in [0.4, 0.5) is 0 Å². The van der Waals surface area contributed by atoms with Gasteiger partial charge in [0.15, 0.2) is 0 Å². The zero-order valence-electron chi connectivity index (χ0n) is 11.4. The van der Waals surface area contributed by atoms with Crippen LogP contribution in [0.3, 0.4) is 0 Å². The fourth-order valence-corrected chi connectivity index (χ4v) is 5.36. The van der Waals surface area contributed by atoms with Crippen molar-refractivity contribution in [1.82, 2.24) is 0 Å². The smallest absolute Gasteiger partial charge is 0.461 e. The van der Waals surface area contributed by atoms with E-state index in [9.17, 15) is 0 Å². The van der Waals surface area contributed by atoms with Crippen LogP contribution < -0.4 is 0 Å². The molecule has 1 aliphatic heterocycles. The highest BCUT2D eigenvalue weighted by atomic mass is 27.2. The van der Waals surface area contributed by atoms with Crippen LogP contribution in [0.1, 0.15) is 40.5 Å². The van der Waals surface area contributed by atoms with Gasteiger partial charge in [-0.2, -0.15) is 0 Å². The zero-order valence-corrected chi connectivity index (χ0v) is 12.5. The molecule has 0 saturated carbocycles. The van der Waals surface area contributed by atoms with E-state index in [4.69, 9.17) is 8.53 Å². The van der Waals surface area contributed by atoms with Crippen LogP contribution in [0, 0.1) is 11.8 Å². The molecule has 2 nitrogen and oxygen atoms in total. The third kappa shape index (κ3) is 6.25. The van der Waals surface area contributed by atoms with Crippen molar-refractivity contribution < 1.29 is 8.53 Å². The Labute approximate surface area is 105 Å². The van der Waals surface area contributed by atoms with E-state index in [0.29, 0.717) is 6.10 Å². The standard InChI is InChI=1S/C5H9O2.2C4H9.Al/c6-4-5-2-1-3-7-5;2*1-4(2)3;/h5H,1-4H2;2*4H,1H2,2-3H3;/q-1;;;+1. The lowest BCUT2D eigenvalue weighted by atomic mass is 10.2. The average molecular weight is 242 g/mol. The number of hydrogen-bond acceptors (Lipinski definition) is 2. The summed E-state index contributed by atoms with van der Waals surface area (Å²) in [6, 6.07) is 0. The molecule has 16 heavy (non-hydrogen) atoms. The van der Waals surface area contributed by atoms with Gasteiger partial charge in [-0.05, 0) is 12.8 Å². The molecule has 0 amide bonds. The van der Waals surface area contributed by atoms with E-state index in [2.05, 4.69) is 27.7 Å². The molecule has 3 heteroatoms. The van der Waals surface area contributed by atoms with Crippen molar-refractivity contribution in [2.75, 3.05) is 13.2 Å². The van der Waals surface area contributed by atoms with Gasteiger partial charge in [-0.15, -0.1) is 0 Å².